The Morgan fingerprint density at radius 2 is 0.714 bits per heavy atom. The van der Waals surface area contributed by atoms with E-state index in [1.807, 2.05) is 0 Å². The van der Waals surface area contributed by atoms with Crippen LogP contribution in [-0.2, 0) is 178 Å². The first-order valence-corrected chi connectivity index (χ1v) is 42.4. The van der Waals surface area contributed by atoms with Gasteiger partial charge in [0.2, 0.25) is 21.7 Å². The first-order chi connectivity index (χ1) is 36.5. The molecule has 3 radical (unpaired) electrons. The molecule has 77 heavy (non-hydrogen) atoms. The van der Waals surface area contributed by atoms with Crippen molar-refractivity contribution < 1.29 is 40.9 Å². The van der Waals surface area contributed by atoms with E-state index in [9.17, 15) is 43.2 Å². The third-order valence-electron chi connectivity index (χ3n) is 11.0. The number of carbonyl (C=O) groups is 1. The number of fused-ring (bicyclic) bond motifs is 10. The molecule has 2 aromatic heterocycles. The Balaban J connectivity index is 0.000000256. The van der Waals surface area contributed by atoms with Crippen molar-refractivity contribution in [3.05, 3.63) is 178 Å². The second kappa shape index (κ2) is 32.1. The normalized spacial score (nSPS) is 10.4. The smallest absolute Gasteiger partial charge is 1.00 e. The van der Waals surface area contributed by atoms with E-state index in [-0.39, 0.29) is 146 Å². The van der Waals surface area contributed by atoms with E-state index in [4.69, 9.17) is 27.5 Å². The van der Waals surface area contributed by atoms with Gasteiger partial charge in [-0.1, -0.05) is 60.7 Å². The minimum Gasteiger partial charge on any atom is -1.00 e. The van der Waals surface area contributed by atoms with E-state index in [0.717, 1.165) is 40.1 Å². The number of thiophene rings is 2. The van der Waals surface area contributed by atoms with E-state index in [0.29, 0.717) is 31.1 Å². The summed E-state index contributed by atoms with van der Waals surface area (Å²) in [6, 6.07) is 22.9. The fourth-order valence-corrected chi connectivity index (χ4v) is 40.6. The molecule has 0 bridgehead atoms. The molecule has 0 aliphatic rings. The average Bonchev–Trinajstić information content (AvgIpc) is 4.28. The minimum atomic E-state index is -0.430. The molecular formula is C46H27BNaO10S19. The van der Waals surface area contributed by atoms with Crippen molar-refractivity contribution >= 4 is 281 Å². The van der Waals surface area contributed by atoms with E-state index in [2.05, 4.69) is 22.4 Å². The molecule has 10 rings (SSSR count). The predicted octanol–water partition coefficient (Wildman–Crippen LogP) is 2.11. The Hall–Kier alpha value is -1.93. The molecule has 10 aromatic rings. The van der Waals surface area contributed by atoms with Crippen LogP contribution in [0.1, 0.15) is 25.4 Å². The van der Waals surface area contributed by atoms with Gasteiger partial charge >= 0.3 is 29.6 Å². The first kappa shape index (κ1) is 65.9. The van der Waals surface area contributed by atoms with E-state index < -0.39 is 21.7 Å². The quantitative estimate of drug-likeness (QED) is 0.190. The fraction of sp³-hybridized carbons (Fsp3) is 0.109. The van der Waals surface area contributed by atoms with Gasteiger partial charge in [0, 0.05) is 225 Å². The zero-order chi connectivity index (χ0) is 53.8. The number of aldehydes is 1. The van der Waals surface area contributed by atoms with Crippen molar-refractivity contribution in [1.29, 1.82) is 0 Å². The number of aryl methyl sites for hydroxylation is 2. The van der Waals surface area contributed by atoms with Crippen molar-refractivity contribution in [2.45, 2.75) is 25.7 Å². The first-order valence-electron chi connectivity index (χ1n) is 20.7. The Bertz CT molecular complexity index is 5080. The molecule has 0 spiro atoms. The van der Waals surface area contributed by atoms with E-state index in [1.54, 1.807) is 183 Å². The summed E-state index contributed by atoms with van der Waals surface area (Å²) in [5.74, 6) is 0. The average molecular weight is 1380 g/mol. The number of aliphatic hydroxyl groups excluding tert-OH is 1. The van der Waals surface area contributed by atoms with Crippen LogP contribution >= 0.6 is 22.7 Å². The van der Waals surface area contributed by atoms with Gasteiger partial charge in [0.05, 0.1) is 40.3 Å². The van der Waals surface area contributed by atoms with Crippen LogP contribution < -0.4 is 73.0 Å². The minimum absolute atomic E-state index is 0. The van der Waals surface area contributed by atoms with Crippen LogP contribution in [0.5, 0.6) is 0 Å². The van der Waals surface area contributed by atoms with Gasteiger partial charge in [0.1, 0.15) is 6.29 Å². The van der Waals surface area contributed by atoms with Gasteiger partial charge in [-0.2, -0.15) is 0 Å². The van der Waals surface area contributed by atoms with Crippen LogP contribution in [0.15, 0.2) is 123 Å². The molecule has 0 aliphatic carbocycles. The summed E-state index contributed by atoms with van der Waals surface area (Å²) in [6.45, 7) is 0.0299. The van der Waals surface area contributed by atoms with Gasteiger partial charge < -0.3 is 11.3 Å². The topological polar surface area (TPSA) is 174 Å². The van der Waals surface area contributed by atoms with Crippen LogP contribution in [0.4, 0.5) is 0 Å². The van der Waals surface area contributed by atoms with Crippen molar-refractivity contribution in [3.63, 3.8) is 0 Å². The Kier molecular flexibility index (Phi) is 27.4. The van der Waals surface area contributed by atoms with Crippen molar-refractivity contribution in [2.24, 2.45) is 0 Å². The van der Waals surface area contributed by atoms with Gasteiger partial charge in [-0.05, 0) is 54.7 Å². The maximum Gasteiger partial charge on any atom is 1.00 e. The van der Waals surface area contributed by atoms with Crippen LogP contribution in [0.3, 0.4) is 0 Å². The summed E-state index contributed by atoms with van der Waals surface area (Å²) < 4.78 is 0.607. The maximum absolute atomic E-state index is 13.3. The zero-order valence-corrected chi connectivity index (χ0v) is 56.2. The van der Waals surface area contributed by atoms with Crippen LogP contribution in [0.25, 0.3) is 83.4 Å². The molecule has 0 saturated heterocycles. The van der Waals surface area contributed by atoms with Crippen LogP contribution in [0, 0.1) is 0 Å². The number of benzene rings is 8. The molecule has 31 heteroatoms. The molecular weight excluding hydrogens is 1360 g/mol. The van der Waals surface area contributed by atoms with Gasteiger partial charge in [-0.3, -0.25) is 38.4 Å². The summed E-state index contributed by atoms with van der Waals surface area (Å²) in [6.07, 6.45) is 2.68. The molecule has 389 valence electrons. The van der Waals surface area contributed by atoms with Gasteiger partial charge in [-0.15, -0.1) is 22.7 Å². The molecule has 0 unspecified atom stereocenters. The van der Waals surface area contributed by atoms with Crippen molar-refractivity contribution in [1.82, 2.24) is 0 Å². The Labute approximate surface area is 524 Å². The molecule has 10 nitrogen and oxygen atoms in total. The summed E-state index contributed by atoms with van der Waals surface area (Å²) in [4.78, 5) is 116. The standard InChI is InChI=1S/C23H14O5S.C23H12O5S.B.Na.S15.S2.H/c2*24-9-3-4-11-7-8-14-15(10-11)19(26)17-16-18(25)12-5-1-2-6-13(12)20(27)22(16)29-23(17)21(14)28;;;1-3-5-7-9-11-13-15-14-12-10-8-6-4-2;1-2;/h1-2,5-8,10,24H,3-4,9H2;1-2,5-10H,3-4H2;;;;;/q;;;+1;;;-1. The van der Waals surface area contributed by atoms with Crippen molar-refractivity contribution in [2.75, 3.05) is 6.61 Å². The SMILES string of the molecule is O=CCCc1ccc2c(=O)c3sc4c(=O)c5ccccc5c(=O)c4c3c(=O)c2c1.O=c1c2ccccc2c(=O)c2c1sc1c(=O)c3ccc(CCCO)cc3c(=O)c12.S=S.S=S=S=S=S=S=S=S=S=S=S=S=S=S=S.[B].[H-].[Na+]. The van der Waals surface area contributed by atoms with E-state index >= 15 is 0 Å². The predicted molar refractivity (Wildman–Crippen MR) is 365 cm³/mol. The molecule has 0 saturated carbocycles. The summed E-state index contributed by atoms with van der Waals surface area (Å²) in [5, 5.41) is 11.3. The second-order valence-corrected chi connectivity index (χ2v) is 40.0. The molecule has 0 amide bonds. The second-order valence-electron chi connectivity index (χ2n) is 14.9. The number of hydrogen-bond acceptors (Lipinski definition) is 16. The number of carbonyl (C=O) groups excluding carboxylic acids is 1. The number of hydrogen-bond donors (Lipinski definition) is 1. The number of rotatable bonds is 6. The summed E-state index contributed by atoms with van der Waals surface area (Å²) >= 11 is 18.6. The largest absolute Gasteiger partial charge is 1.00 e. The van der Waals surface area contributed by atoms with Crippen LogP contribution in [-0.4, -0.2) is 26.4 Å². The third-order valence-corrected chi connectivity index (χ3v) is 40.1. The van der Waals surface area contributed by atoms with Crippen LogP contribution in [0.2, 0.25) is 0 Å². The fourth-order valence-electron chi connectivity index (χ4n) is 8.05. The molecule has 0 atom stereocenters. The monoisotopic (exact) mass is 1380 g/mol. The maximum atomic E-state index is 13.3. The van der Waals surface area contributed by atoms with Gasteiger partial charge in [0.15, 0.2) is 21.7 Å². The van der Waals surface area contributed by atoms with Gasteiger partial charge in [-0.25, -0.2) is 0 Å². The number of aliphatic hydroxyl groups is 1. The zero-order valence-electron chi connectivity index (χ0n) is 39.7. The Morgan fingerprint density at radius 1 is 0.429 bits per heavy atom. The Morgan fingerprint density at radius 3 is 1.03 bits per heavy atom. The van der Waals surface area contributed by atoms with Gasteiger partial charge in [0.25, 0.3) is 0 Å². The molecule has 8 aromatic carbocycles. The van der Waals surface area contributed by atoms with E-state index in [1.165, 1.54) is 17.8 Å². The molecule has 2 heterocycles. The van der Waals surface area contributed by atoms with Crippen molar-refractivity contribution in [3.8, 4) is 0 Å². The summed E-state index contributed by atoms with van der Waals surface area (Å²) in [7, 11) is 21.7. The molecule has 0 aliphatic heterocycles. The third kappa shape index (κ3) is 14.6. The molecule has 1 N–H and O–H groups in total. The summed E-state index contributed by atoms with van der Waals surface area (Å²) in [5.41, 5.74) is -1.42. The molecule has 0 fully saturated rings.